The molecule has 2 aromatic rings. The van der Waals surface area contributed by atoms with Crippen LogP contribution in [0.15, 0.2) is 34.8 Å². The SMILES string of the molecule is NC(=S)Nc1cc(-c2ccccc2Br)[nH]n1. The van der Waals surface area contributed by atoms with E-state index in [1.165, 1.54) is 0 Å². The quantitative estimate of drug-likeness (QED) is 0.745. The lowest BCUT2D eigenvalue weighted by atomic mass is 10.1. The second-order valence-corrected chi connectivity index (χ2v) is 4.43. The number of benzene rings is 1. The summed E-state index contributed by atoms with van der Waals surface area (Å²) in [5.74, 6) is 0.609. The molecule has 0 aliphatic heterocycles. The third kappa shape index (κ3) is 2.40. The summed E-state index contributed by atoms with van der Waals surface area (Å²) in [6.07, 6.45) is 0. The van der Waals surface area contributed by atoms with E-state index >= 15 is 0 Å². The van der Waals surface area contributed by atoms with Crippen LogP contribution in [0.3, 0.4) is 0 Å². The molecule has 16 heavy (non-hydrogen) atoms. The number of hydrogen-bond donors (Lipinski definition) is 3. The van der Waals surface area contributed by atoms with E-state index in [1.807, 2.05) is 30.3 Å². The molecule has 0 saturated heterocycles. The molecular formula is C10H9BrN4S. The normalized spacial score (nSPS) is 10.1. The van der Waals surface area contributed by atoms with Gasteiger partial charge in [-0.15, -0.1) is 0 Å². The molecule has 0 radical (unpaired) electrons. The van der Waals surface area contributed by atoms with E-state index in [0.717, 1.165) is 15.7 Å². The van der Waals surface area contributed by atoms with Gasteiger partial charge in [0, 0.05) is 16.1 Å². The predicted octanol–water partition coefficient (Wildman–Crippen LogP) is 2.49. The number of thiocarbonyl (C=S) groups is 1. The van der Waals surface area contributed by atoms with E-state index in [9.17, 15) is 0 Å². The highest BCUT2D eigenvalue weighted by molar-refractivity contribution is 9.10. The largest absolute Gasteiger partial charge is 0.376 e. The molecule has 0 bridgehead atoms. The molecule has 1 aromatic heterocycles. The maximum Gasteiger partial charge on any atom is 0.169 e. The van der Waals surface area contributed by atoms with Crippen LogP contribution in [0.1, 0.15) is 0 Å². The summed E-state index contributed by atoms with van der Waals surface area (Å²) in [5, 5.41) is 9.93. The fourth-order valence-corrected chi connectivity index (χ4v) is 1.93. The fraction of sp³-hybridized carbons (Fsp3) is 0. The number of nitrogens with two attached hydrogens (primary N) is 1. The Morgan fingerprint density at radius 3 is 2.88 bits per heavy atom. The number of halogens is 1. The van der Waals surface area contributed by atoms with Crippen molar-refractivity contribution in [1.29, 1.82) is 0 Å². The first-order valence-electron chi connectivity index (χ1n) is 4.53. The average molecular weight is 297 g/mol. The first kappa shape index (κ1) is 11.1. The number of nitrogens with one attached hydrogen (secondary N) is 2. The van der Waals surface area contributed by atoms with Crippen molar-refractivity contribution in [2.24, 2.45) is 5.73 Å². The van der Waals surface area contributed by atoms with Gasteiger partial charge in [0.25, 0.3) is 0 Å². The Hall–Kier alpha value is -1.40. The van der Waals surface area contributed by atoms with Gasteiger partial charge in [0.2, 0.25) is 0 Å². The van der Waals surface area contributed by atoms with Crippen LogP contribution >= 0.6 is 28.1 Å². The first-order valence-corrected chi connectivity index (χ1v) is 5.73. The Labute approximate surface area is 106 Å². The van der Waals surface area contributed by atoms with Crippen LogP contribution < -0.4 is 11.1 Å². The van der Waals surface area contributed by atoms with Gasteiger partial charge in [0.05, 0.1) is 5.69 Å². The van der Waals surface area contributed by atoms with E-state index in [4.69, 9.17) is 18.0 Å². The van der Waals surface area contributed by atoms with E-state index < -0.39 is 0 Å². The van der Waals surface area contributed by atoms with Crippen molar-refractivity contribution in [3.05, 3.63) is 34.8 Å². The van der Waals surface area contributed by atoms with E-state index in [-0.39, 0.29) is 5.11 Å². The second kappa shape index (κ2) is 4.63. The Morgan fingerprint density at radius 1 is 1.44 bits per heavy atom. The van der Waals surface area contributed by atoms with Gasteiger partial charge in [0.1, 0.15) is 0 Å². The molecule has 0 amide bonds. The summed E-state index contributed by atoms with van der Waals surface area (Å²) in [7, 11) is 0. The smallest absolute Gasteiger partial charge is 0.169 e. The number of aromatic nitrogens is 2. The van der Waals surface area contributed by atoms with E-state index in [0.29, 0.717) is 5.82 Å². The molecule has 1 heterocycles. The van der Waals surface area contributed by atoms with Gasteiger partial charge in [0.15, 0.2) is 10.9 Å². The molecule has 82 valence electrons. The van der Waals surface area contributed by atoms with Crippen LogP contribution in [0.2, 0.25) is 0 Å². The number of rotatable bonds is 2. The Balaban J connectivity index is 2.32. The molecule has 0 saturated carbocycles. The number of hydrogen-bond acceptors (Lipinski definition) is 2. The van der Waals surface area contributed by atoms with Crippen LogP contribution in [-0.2, 0) is 0 Å². The van der Waals surface area contributed by atoms with Crippen molar-refractivity contribution in [1.82, 2.24) is 10.2 Å². The number of H-pyrrole nitrogens is 1. The molecule has 4 N–H and O–H groups in total. The Bertz CT molecular complexity index is 523. The third-order valence-corrected chi connectivity index (χ3v) is 2.79. The summed E-state index contributed by atoms with van der Waals surface area (Å²) >= 11 is 8.21. The minimum atomic E-state index is 0.199. The molecule has 1 aromatic carbocycles. The van der Waals surface area contributed by atoms with Gasteiger partial charge >= 0.3 is 0 Å². The van der Waals surface area contributed by atoms with Crippen LogP contribution in [0.4, 0.5) is 5.82 Å². The van der Waals surface area contributed by atoms with Crippen molar-refractivity contribution in [2.75, 3.05) is 5.32 Å². The molecule has 0 unspecified atom stereocenters. The van der Waals surface area contributed by atoms with Crippen LogP contribution in [0.25, 0.3) is 11.3 Å². The van der Waals surface area contributed by atoms with Crippen LogP contribution in [0.5, 0.6) is 0 Å². The highest BCUT2D eigenvalue weighted by Gasteiger charge is 2.06. The molecule has 6 heteroatoms. The van der Waals surface area contributed by atoms with Crippen LogP contribution in [0, 0.1) is 0 Å². The van der Waals surface area contributed by atoms with E-state index in [1.54, 1.807) is 0 Å². The van der Waals surface area contributed by atoms with Crippen molar-refractivity contribution in [2.45, 2.75) is 0 Å². The molecule has 0 fully saturated rings. The standard InChI is InChI=1S/C10H9BrN4S/c11-7-4-2-1-3-6(7)8-5-9(15-14-8)13-10(12)16/h1-5H,(H4,12,13,14,15,16). The lowest BCUT2D eigenvalue weighted by molar-refractivity contribution is 1.10. The van der Waals surface area contributed by atoms with Gasteiger partial charge < -0.3 is 11.1 Å². The zero-order chi connectivity index (χ0) is 11.5. The second-order valence-electron chi connectivity index (χ2n) is 3.14. The van der Waals surface area contributed by atoms with Gasteiger partial charge in [-0.3, -0.25) is 5.10 Å². The summed E-state index contributed by atoms with van der Waals surface area (Å²) in [5.41, 5.74) is 7.29. The number of nitrogens with zero attached hydrogens (tertiary/aromatic N) is 1. The lowest BCUT2D eigenvalue weighted by Crippen LogP contribution is -2.18. The Morgan fingerprint density at radius 2 is 2.19 bits per heavy atom. The van der Waals surface area contributed by atoms with Crippen LogP contribution in [-0.4, -0.2) is 15.3 Å². The summed E-state index contributed by atoms with van der Waals surface area (Å²) in [6, 6.07) is 9.72. The zero-order valence-electron chi connectivity index (χ0n) is 8.20. The topological polar surface area (TPSA) is 66.7 Å². The molecule has 4 nitrogen and oxygen atoms in total. The van der Waals surface area contributed by atoms with Crippen molar-refractivity contribution < 1.29 is 0 Å². The van der Waals surface area contributed by atoms with Crippen molar-refractivity contribution >= 4 is 39.1 Å². The molecule has 0 aliphatic rings. The minimum Gasteiger partial charge on any atom is -0.376 e. The van der Waals surface area contributed by atoms with Gasteiger partial charge in [-0.25, -0.2) is 0 Å². The average Bonchev–Trinajstić information content (AvgIpc) is 2.66. The zero-order valence-corrected chi connectivity index (χ0v) is 10.6. The number of anilines is 1. The first-order chi connectivity index (χ1) is 7.66. The molecule has 0 atom stereocenters. The maximum absolute atomic E-state index is 5.36. The monoisotopic (exact) mass is 296 g/mol. The highest BCUT2D eigenvalue weighted by Crippen LogP contribution is 2.27. The summed E-state index contributed by atoms with van der Waals surface area (Å²) < 4.78 is 1.00. The van der Waals surface area contributed by atoms with E-state index in [2.05, 4.69) is 31.4 Å². The third-order valence-electron chi connectivity index (χ3n) is 1.99. The Kier molecular flexibility index (Phi) is 3.21. The summed E-state index contributed by atoms with van der Waals surface area (Å²) in [4.78, 5) is 0. The number of aromatic amines is 1. The molecular weight excluding hydrogens is 288 g/mol. The van der Waals surface area contributed by atoms with Crippen molar-refractivity contribution in [3.63, 3.8) is 0 Å². The minimum absolute atomic E-state index is 0.199. The lowest BCUT2D eigenvalue weighted by Gasteiger charge is -1.99. The van der Waals surface area contributed by atoms with Gasteiger partial charge in [-0.05, 0) is 18.3 Å². The fourth-order valence-electron chi connectivity index (χ4n) is 1.33. The molecule has 0 spiro atoms. The van der Waals surface area contributed by atoms with Gasteiger partial charge in [-0.2, -0.15) is 5.10 Å². The van der Waals surface area contributed by atoms with Crippen molar-refractivity contribution in [3.8, 4) is 11.3 Å². The van der Waals surface area contributed by atoms with Gasteiger partial charge in [-0.1, -0.05) is 34.1 Å². The maximum atomic E-state index is 5.36. The summed E-state index contributed by atoms with van der Waals surface area (Å²) in [6.45, 7) is 0. The highest BCUT2D eigenvalue weighted by atomic mass is 79.9. The predicted molar refractivity (Wildman–Crippen MR) is 72.1 cm³/mol. The molecule has 2 rings (SSSR count). The molecule has 0 aliphatic carbocycles.